The number of benzene rings is 3. The Morgan fingerprint density at radius 1 is 0.667 bits per heavy atom. The van der Waals surface area contributed by atoms with E-state index in [1.807, 2.05) is 0 Å². The van der Waals surface area contributed by atoms with Crippen molar-refractivity contribution >= 4 is 23.0 Å². The highest BCUT2D eigenvalue weighted by molar-refractivity contribution is 5.89. The topological polar surface area (TPSA) is 376 Å². The molecule has 0 saturated carbocycles. The molecule has 0 bridgehead atoms. The summed E-state index contributed by atoms with van der Waals surface area (Å²) >= 11 is 0. The first-order valence-corrected chi connectivity index (χ1v) is 19.9. The molecule has 0 radical (unpaired) electrons. The van der Waals surface area contributed by atoms with Crippen LogP contribution < -0.4 is 21.9 Å². The van der Waals surface area contributed by atoms with Crippen LogP contribution in [0.3, 0.4) is 0 Å². The molecule has 7 rings (SSSR count). The van der Waals surface area contributed by atoms with Gasteiger partial charge in [-0.1, -0.05) is 12.1 Å². The van der Waals surface area contributed by atoms with Gasteiger partial charge < -0.3 is 117 Å². The summed E-state index contributed by atoms with van der Waals surface area (Å²) in [6.45, 7) is -0.0677. The molecule has 3 saturated heterocycles. The lowest BCUT2D eigenvalue weighted by Gasteiger charge is -2.42. The van der Waals surface area contributed by atoms with Crippen LogP contribution in [-0.2, 0) is 28.5 Å². The largest absolute Gasteiger partial charge is 1.00 e. The van der Waals surface area contributed by atoms with Crippen LogP contribution in [-0.4, -0.2) is 183 Å². The van der Waals surface area contributed by atoms with Crippen molar-refractivity contribution in [2.75, 3.05) is 13.2 Å². The number of carbonyl (C=O) groups excluding carboxylic acids is 1. The smallest absolute Gasteiger partial charge is 0.402 e. The van der Waals surface area contributed by atoms with E-state index >= 15 is 0 Å². The highest BCUT2D eigenvalue weighted by Crippen LogP contribution is 2.45. The van der Waals surface area contributed by atoms with Gasteiger partial charge in [-0.25, -0.2) is 9.21 Å². The van der Waals surface area contributed by atoms with Crippen molar-refractivity contribution in [3.63, 3.8) is 0 Å². The Labute approximate surface area is 378 Å². The summed E-state index contributed by atoms with van der Waals surface area (Å²) in [5, 5.41) is 146. The Morgan fingerprint density at radius 2 is 1.24 bits per heavy atom. The third kappa shape index (κ3) is 10.4. The molecule has 0 aliphatic carbocycles. The predicted octanol–water partition coefficient (Wildman–Crippen LogP) is -4.61. The van der Waals surface area contributed by atoms with Gasteiger partial charge in [0, 0.05) is 30.3 Å². The summed E-state index contributed by atoms with van der Waals surface area (Å²) in [5.74, 6) is -5.06. The molecule has 0 spiro atoms. The van der Waals surface area contributed by atoms with Crippen molar-refractivity contribution in [3.8, 4) is 51.6 Å². The molecule has 3 fully saturated rings. The molecule has 3 aliphatic heterocycles. The Bertz CT molecular complexity index is 2320. The minimum absolute atomic E-state index is 0. The lowest BCUT2D eigenvalue weighted by Crippen LogP contribution is -3.00. The van der Waals surface area contributed by atoms with Crippen LogP contribution in [0.25, 0.3) is 28.4 Å². The molecule has 3 aliphatic rings. The molecular weight excluding hydrogens is 908 g/mol. The number of phenols is 5. The van der Waals surface area contributed by atoms with Crippen LogP contribution in [0.5, 0.6) is 40.2 Å². The molecule has 360 valence electrons. The van der Waals surface area contributed by atoms with Gasteiger partial charge in [0.2, 0.25) is 18.3 Å². The first-order valence-electron chi connectivity index (χ1n) is 19.9. The molecule has 24 heteroatoms. The second kappa shape index (κ2) is 20.7. The molecule has 0 amide bonds. The van der Waals surface area contributed by atoms with Crippen molar-refractivity contribution < 1.29 is 126 Å². The van der Waals surface area contributed by atoms with Crippen molar-refractivity contribution in [2.45, 2.75) is 99.0 Å². The van der Waals surface area contributed by atoms with E-state index in [0.29, 0.717) is 5.56 Å². The van der Waals surface area contributed by atoms with Gasteiger partial charge in [0.25, 0.3) is 0 Å². The molecule has 23 nitrogen and oxygen atoms in total. The molecular formula is C42H47ClO23. The number of aliphatic hydroxyl groups excluding tert-OH is 9. The molecule has 1 aromatic heterocycles. The lowest BCUT2D eigenvalue weighted by atomic mass is 9.98. The number of aromatic hydroxyl groups is 5. The van der Waals surface area contributed by atoms with E-state index in [1.54, 1.807) is 0 Å². The molecule has 3 aromatic carbocycles. The predicted molar refractivity (Wildman–Crippen MR) is 214 cm³/mol. The summed E-state index contributed by atoms with van der Waals surface area (Å²) in [4.78, 5) is 12.6. The minimum Gasteiger partial charge on any atom is -1.00 e. The van der Waals surface area contributed by atoms with Crippen LogP contribution >= 0.6 is 0 Å². The van der Waals surface area contributed by atoms with Gasteiger partial charge in [0.15, 0.2) is 29.6 Å². The maximum absolute atomic E-state index is 12.6. The number of hydrogen-bond acceptors (Lipinski definition) is 22. The highest BCUT2D eigenvalue weighted by Gasteiger charge is 2.50. The van der Waals surface area contributed by atoms with Gasteiger partial charge in [0.05, 0.1) is 30.9 Å². The maximum Gasteiger partial charge on any atom is 0.402 e. The number of aliphatic hydroxyl groups is 9. The summed E-state index contributed by atoms with van der Waals surface area (Å²) in [7, 11) is 0. The van der Waals surface area contributed by atoms with E-state index in [4.69, 9.17) is 37.6 Å². The average molecular weight is 955 g/mol. The molecule has 14 N–H and O–H groups in total. The minimum atomic E-state index is -2.03. The van der Waals surface area contributed by atoms with E-state index in [0.717, 1.165) is 36.4 Å². The van der Waals surface area contributed by atoms with Crippen LogP contribution in [0.15, 0.2) is 65.1 Å². The number of hydrogen-bond donors (Lipinski definition) is 14. The second-order valence-corrected chi connectivity index (χ2v) is 15.5. The Hall–Kier alpha value is -5.35. The molecule has 0 unspecified atom stereocenters. The fourth-order valence-electron chi connectivity index (χ4n) is 7.28. The number of carbonyl (C=O) groups is 1. The third-order valence-corrected chi connectivity index (χ3v) is 10.9. The van der Waals surface area contributed by atoms with Gasteiger partial charge in [-0.2, -0.15) is 0 Å². The zero-order valence-electron chi connectivity index (χ0n) is 34.2. The van der Waals surface area contributed by atoms with Crippen molar-refractivity contribution in [3.05, 3.63) is 66.2 Å². The number of halogens is 1. The number of phenolic OH excluding ortho intramolecular Hbond substituents is 5. The molecule has 66 heavy (non-hydrogen) atoms. The van der Waals surface area contributed by atoms with Gasteiger partial charge >= 0.3 is 17.3 Å². The molecule has 4 aromatic rings. The van der Waals surface area contributed by atoms with E-state index in [2.05, 4.69) is 0 Å². The van der Waals surface area contributed by atoms with Gasteiger partial charge in [0.1, 0.15) is 83.7 Å². The Morgan fingerprint density at radius 3 is 1.86 bits per heavy atom. The lowest BCUT2D eigenvalue weighted by molar-refractivity contribution is -0.319. The summed E-state index contributed by atoms with van der Waals surface area (Å²) in [5.41, 5.74) is 0.157. The van der Waals surface area contributed by atoms with E-state index in [9.17, 15) is 76.3 Å². The fourth-order valence-corrected chi connectivity index (χ4v) is 7.28. The van der Waals surface area contributed by atoms with Crippen molar-refractivity contribution in [1.82, 2.24) is 0 Å². The monoisotopic (exact) mass is 954 g/mol. The fraction of sp³-hybridized carbons (Fsp3) is 0.429. The SMILES string of the molecule is C[C@H]1O[C@@H](OC[C@H]2O[C@@H](Oc3cc4c(O[C@@H]5O[C@H](CO)[C@@H](O)[C@H](O)[C@H]5O)cc(O)cc4[o+]c3-c3cc(O)c(O)c(O)c3)[C@H](O)[C@@H](O)[C@@H]2O)[C@@H](O)[C@@H](O)[C@@H]1OC(=O)/C=C/c1ccc(O)cc1.[Cl-]. The number of esters is 1. The van der Waals surface area contributed by atoms with E-state index in [1.165, 1.54) is 37.3 Å². The standard InChI is InChI=1S/C42H46O23.ClH/c1-15-38(65-28(48)7-4-16-2-5-18(44)6-3-16)34(54)37(57)40(59-15)58-14-27-31(51)33(53)36(56)42(64-27)62-25-12-20-23(60-39(25)17-8-21(46)29(49)22(47)9-17)10-19(45)11-24(20)61-41-35(55)32(52)30(50)26(13-43)63-41;/h2-12,15,26-27,30-38,40-43,50-57H,13-14H2,1H3,(H4-,44,45,46,47,48,49);1H/t15-,26-,27-,30-,31-,32+,33+,34-,35-,36-,37+,38-,40-,41-,42-;/m1./s1. The zero-order chi connectivity index (χ0) is 47.0. The van der Waals surface area contributed by atoms with Crippen LogP contribution in [0.1, 0.15) is 12.5 Å². The van der Waals surface area contributed by atoms with Gasteiger partial charge in [-0.3, -0.25) is 0 Å². The molecule has 4 heterocycles. The number of rotatable bonds is 12. The summed E-state index contributed by atoms with van der Waals surface area (Å²) in [6.07, 6.45) is -23.3. The van der Waals surface area contributed by atoms with Gasteiger partial charge in [-0.15, -0.1) is 0 Å². The van der Waals surface area contributed by atoms with Crippen LogP contribution in [0.4, 0.5) is 0 Å². The Kier molecular flexibility index (Phi) is 15.7. The second-order valence-electron chi connectivity index (χ2n) is 15.5. The number of fused-ring (bicyclic) bond motifs is 1. The van der Waals surface area contributed by atoms with Gasteiger partial charge in [-0.05, 0) is 30.7 Å². The normalized spacial score (nSPS) is 32.4. The summed E-state index contributed by atoms with van der Waals surface area (Å²) in [6, 6.07) is 11.1. The zero-order valence-corrected chi connectivity index (χ0v) is 35.0. The quantitative estimate of drug-likeness (QED) is 0.0275. The number of ether oxygens (including phenoxy) is 7. The van der Waals surface area contributed by atoms with E-state index in [-0.39, 0.29) is 46.2 Å². The highest BCUT2D eigenvalue weighted by atomic mass is 35.5. The average Bonchev–Trinajstić information content (AvgIpc) is 3.27. The Balaban J connectivity index is 0.00000720. The van der Waals surface area contributed by atoms with Crippen molar-refractivity contribution in [2.24, 2.45) is 0 Å². The summed E-state index contributed by atoms with van der Waals surface area (Å²) < 4.78 is 45.8. The first kappa shape index (κ1) is 50.1. The molecule has 15 atom stereocenters. The van der Waals surface area contributed by atoms with Crippen LogP contribution in [0, 0.1) is 0 Å². The third-order valence-electron chi connectivity index (χ3n) is 10.9. The van der Waals surface area contributed by atoms with E-state index < -0.39 is 140 Å². The van der Waals surface area contributed by atoms with Crippen LogP contribution in [0.2, 0.25) is 0 Å². The van der Waals surface area contributed by atoms with Crippen molar-refractivity contribution in [1.29, 1.82) is 0 Å². The first-order chi connectivity index (χ1) is 30.8. The maximum atomic E-state index is 12.6.